The van der Waals surface area contributed by atoms with Crippen LogP contribution in [0.25, 0.3) is 0 Å². The third kappa shape index (κ3) is 5.57. The fourth-order valence-corrected chi connectivity index (χ4v) is 4.12. The van der Waals surface area contributed by atoms with Gasteiger partial charge in [-0.15, -0.1) is 11.3 Å². The van der Waals surface area contributed by atoms with Crippen molar-refractivity contribution in [3.8, 4) is 0 Å². The van der Waals surface area contributed by atoms with Crippen molar-refractivity contribution in [2.24, 2.45) is 5.73 Å². The Hall–Kier alpha value is -2.84. The second kappa shape index (κ2) is 8.70. The van der Waals surface area contributed by atoms with Crippen molar-refractivity contribution in [2.75, 3.05) is 10.6 Å². The number of hydrogen-bond acceptors (Lipinski definition) is 5. The van der Waals surface area contributed by atoms with Gasteiger partial charge in [-0.05, 0) is 42.8 Å². The van der Waals surface area contributed by atoms with E-state index in [0.717, 1.165) is 21.3 Å². The minimum Gasteiger partial charge on any atom is -0.351 e. The van der Waals surface area contributed by atoms with Crippen LogP contribution in [0.15, 0.2) is 58.3 Å². The predicted octanol–water partition coefficient (Wildman–Crippen LogP) is 4.49. The molecule has 6 nitrogen and oxygen atoms in total. The van der Waals surface area contributed by atoms with E-state index in [2.05, 4.69) is 15.6 Å². The lowest BCUT2D eigenvalue weighted by molar-refractivity contribution is 0.102. The molecule has 3 amide bonds. The molecule has 4 N–H and O–H groups in total. The molecule has 1 aromatic heterocycles. The second-order valence-electron chi connectivity index (χ2n) is 5.76. The number of nitrogens with two attached hydrogens (primary N) is 1. The van der Waals surface area contributed by atoms with Gasteiger partial charge in [-0.3, -0.25) is 4.79 Å². The number of aromatic nitrogens is 1. The van der Waals surface area contributed by atoms with Crippen LogP contribution in [-0.2, 0) is 5.75 Å². The van der Waals surface area contributed by atoms with Crippen LogP contribution in [-0.4, -0.2) is 16.9 Å². The van der Waals surface area contributed by atoms with Crippen molar-refractivity contribution < 1.29 is 9.59 Å². The molecule has 8 heteroatoms. The second-order valence-corrected chi connectivity index (χ2v) is 7.85. The molecule has 0 bridgehead atoms. The van der Waals surface area contributed by atoms with Gasteiger partial charge in [0.25, 0.3) is 5.91 Å². The number of carbonyl (C=O) groups is 2. The molecule has 0 saturated heterocycles. The van der Waals surface area contributed by atoms with Gasteiger partial charge in [0.2, 0.25) is 0 Å². The molecular weight excluding hydrogens is 380 g/mol. The fourth-order valence-electron chi connectivity index (χ4n) is 2.32. The van der Waals surface area contributed by atoms with E-state index in [1.807, 2.05) is 24.4 Å². The lowest BCUT2D eigenvalue weighted by Crippen LogP contribution is -2.19. The maximum atomic E-state index is 12.4. The summed E-state index contributed by atoms with van der Waals surface area (Å²) in [5.74, 6) is 0.580. The zero-order valence-electron chi connectivity index (χ0n) is 14.6. The summed E-state index contributed by atoms with van der Waals surface area (Å²) >= 11 is 3.32. The van der Waals surface area contributed by atoms with Crippen LogP contribution in [0.2, 0.25) is 0 Å². The number of rotatable bonds is 6. The first-order chi connectivity index (χ1) is 13.0. The van der Waals surface area contributed by atoms with E-state index >= 15 is 0 Å². The molecule has 0 radical (unpaired) electrons. The smallest absolute Gasteiger partial charge is 0.316 e. The van der Waals surface area contributed by atoms with Crippen molar-refractivity contribution in [1.82, 2.24) is 4.98 Å². The molecule has 138 valence electrons. The van der Waals surface area contributed by atoms with E-state index in [1.54, 1.807) is 59.5 Å². The highest BCUT2D eigenvalue weighted by molar-refractivity contribution is 8.00. The van der Waals surface area contributed by atoms with Crippen LogP contribution in [0.4, 0.5) is 16.2 Å². The normalized spacial score (nSPS) is 10.4. The van der Waals surface area contributed by atoms with E-state index in [0.29, 0.717) is 16.9 Å². The van der Waals surface area contributed by atoms with Crippen LogP contribution >= 0.6 is 23.1 Å². The van der Waals surface area contributed by atoms with Gasteiger partial charge in [0.15, 0.2) is 0 Å². The number of urea groups is 1. The molecule has 0 saturated carbocycles. The molecule has 0 spiro atoms. The molecule has 0 aliphatic heterocycles. The van der Waals surface area contributed by atoms with Crippen LogP contribution in [0.5, 0.6) is 0 Å². The maximum absolute atomic E-state index is 12.4. The van der Waals surface area contributed by atoms with Crippen LogP contribution in [0.1, 0.15) is 21.6 Å². The lowest BCUT2D eigenvalue weighted by Gasteiger charge is -2.08. The molecule has 0 aliphatic carbocycles. The summed E-state index contributed by atoms with van der Waals surface area (Å²) in [4.78, 5) is 27.8. The predicted molar refractivity (Wildman–Crippen MR) is 110 cm³/mol. The van der Waals surface area contributed by atoms with E-state index < -0.39 is 6.03 Å². The van der Waals surface area contributed by atoms with Gasteiger partial charge in [0.05, 0.1) is 0 Å². The maximum Gasteiger partial charge on any atom is 0.316 e. The Balaban J connectivity index is 1.59. The monoisotopic (exact) mass is 398 g/mol. The van der Waals surface area contributed by atoms with Gasteiger partial charge in [0.1, 0.15) is 4.34 Å². The van der Waals surface area contributed by atoms with Crippen molar-refractivity contribution in [1.29, 1.82) is 0 Å². The molecule has 3 rings (SSSR count). The Morgan fingerprint density at radius 2 is 1.81 bits per heavy atom. The number of thioether (sulfide) groups is 1. The quantitative estimate of drug-likeness (QED) is 0.533. The van der Waals surface area contributed by atoms with Gasteiger partial charge >= 0.3 is 6.03 Å². The van der Waals surface area contributed by atoms with Crippen molar-refractivity contribution in [3.63, 3.8) is 0 Å². The number of amides is 3. The Labute approximate surface area is 165 Å². The van der Waals surface area contributed by atoms with E-state index in [1.165, 1.54) is 0 Å². The molecule has 0 aliphatic rings. The standard InChI is InChI=1S/C19H18N4O2S2/c1-12-10-26-19(21-12)27-11-13-5-7-14(8-6-13)17(24)22-15-3-2-4-16(9-15)23-18(20)25/h2-10H,11H2,1H3,(H,22,24)(H3,20,23,25). The minimum atomic E-state index is -0.653. The molecule has 27 heavy (non-hydrogen) atoms. The highest BCUT2D eigenvalue weighted by Crippen LogP contribution is 2.26. The average Bonchev–Trinajstić information content (AvgIpc) is 3.05. The molecule has 3 aromatic rings. The topological polar surface area (TPSA) is 97.1 Å². The molecule has 0 atom stereocenters. The van der Waals surface area contributed by atoms with Crippen LogP contribution in [0, 0.1) is 6.92 Å². The number of carbonyl (C=O) groups excluding carboxylic acids is 2. The van der Waals surface area contributed by atoms with Gasteiger partial charge in [0, 0.05) is 33.8 Å². The highest BCUT2D eigenvalue weighted by Gasteiger charge is 2.08. The summed E-state index contributed by atoms with van der Waals surface area (Å²) in [6.07, 6.45) is 0. The summed E-state index contributed by atoms with van der Waals surface area (Å²) < 4.78 is 1.04. The molecule has 0 unspecified atom stereocenters. The average molecular weight is 399 g/mol. The number of nitrogens with zero attached hydrogens (tertiary/aromatic N) is 1. The number of anilines is 2. The SMILES string of the molecule is Cc1csc(SCc2ccc(C(=O)Nc3cccc(NC(N)=O)c3)cc2)n1. The first-order valence-corrected chi connectivity index (χ1v) is 9.98. The summed E-state index contributed by atoms with van der Waals surface area (Å²) in [5, 5.41) is 7.31. The highest BCUT2D eigenvalue weighted by atomic mass is 32.2. The Bertz CT molecular complexity index is 954. The lowest BCUT2D eigenvalue weighted by atomic mass is 10.1. The molecular formula is C19H18N4O2S2. The molecule has 2 aromatic carbocycles. The Morgan fingerprint density at radius 1 is 1.11 bits per heavy atom. The number of primary amides is 1. The number of benzene rings is 2. The van der Waals surface area contributed by atoms with E-state index in [9.17, 15) is 9.59 Å². The third-order valence-electron chi connectivity index (χ3n) is 3.56. The van der Waals surface area contributed by atoms with Crippen LogP contribution < -0.4 is 16.4 Å². The van der Waals surface area contributed by atoms with E-state index in [-0.39, 0.29) is 5.91 Å². The van der Waals surface area contributed by atoms with Crippen molar-refractivity contribution in [2.45, 2.75) is 17.0 Å². The first-order valence-electron chi connectivity index (χ1n) is 8.11. The summed E-state index contributed by atoms with van der Waals surface area (Å²) in [6, 6.07) is 13.6. The van der Waals surface area contributed by atoms with E-state index in [4.69, 9.17) is 5.73 Å². The fraction of sp³-hybridized carbons (Fsp3) is 0.105. The van der Waals surface area contributed by atoms with Gasteiger partial charge in [-0.1, -0.05) is 30.0 Å². The van der Waals surface area contributed by atoms with Crippen molar-refractivity contribution in [3.05, 3.63) is 70.7 Å². The van der Waals surface area contributed by atoms with Gasteiger partial charge < -0.3 is 16.4 Å². The minimum absolute atomic E-state index is 0.221. The van der Waals surface area contributed by atoms with Gasteiger partial charge in [-0.25, -0.2) is 9.78 Å². The zero-order valence-corrected chi connectivity index (χ0v) is 16.2. The Morgan fingerprint density at radius 3 is 2.44 bits per heavy atom. The summed E-state index contributed by atoms with van der Waals surface area (Å²) in [5.41, 5.74) is 8.91. The summed E-state index contributed by atoms with van der Waals surface area (Å²) in [7, 11) is 0. The number of aryl methyl sites for hydroxylation is 1. The summed E-state index contributed by atoms with van der Waals surface area (Å²) in [6.45, 7) is 1.98. The number of hydrogen-bond donors (Lipinski definition) is 3. The zero-order chi connectivity index (χ0) is 19.2. The van der Waals surface area contributed by atoms with Crippen molar-refractivity contribution >= 4 is 46.4 Å². The third-order valence-corrected chi connectivity index (χ3v) is 5.77. The Kier molecular flexibility index (Phi) is 6.10. The first kappa shape index (κ1) is 18.9. The molecule has 0 fully saturated rings. The number of thiazole rings is 1. The largest absolute Gasteiger partial charge is 0.351 e. The van der Waals surface area contributed by atoms with Gasteiger partial charge in [-0.2, -0.15) is 0 Å². The number of nitrogens with one attached hydrogen (secondary N) is 2. The molecule has 1 heterocycles. The van der Waals surface area contributed by atoms with Crippen LogP contribution in [0.3, 0.4) is 0 Å².